The molecule has 2 amide bonds. The van der Waals surface area contributed by atoms with Crippen LogP contribution in [0.5, 0.6) is 11.5 Å². The van der Waals surface area contributed by atoms with E-state index >= 15 is 0 Å². The van der Waals surface area contributed by atoms with Crippen LogP contribution in [0.3, 0.4) is 0 Å². The number of aryl methyl sites for hydroxylation is 2. The third-order valence-electron chi connectivity index (χ3n) is 10.4. The molecule has 1 fully saturated rings. The maximum atomic E-state index is 13.2. The number of carbonyl (C=O) groups is 2. The molecular formula is C44H70N2O4. The van der Waals surface area contributed by atoms with Crippen LogP contribution in [0, 0.1) is 10.8 Å². The van der Waals surface area contributed by atoms with Gasteiger partial charge in [0.05, 0.1) is 0 Å². The molecule has 6 nitrogen and oxygen atoms in total. The number of hydrogen-bond acceptors (Lipinski definition) is 4. The Bertz CT molecular complexity index is 1260. The van der Waals surface area contributed by atoms with Gasteiger partial charge in [0.25, 0.3) is 0 Å². The Morgan fingerprint density at radius 2 is 1.06 bits per heavy atom. The summed E-state index contributed by atoms with van der Waals surface area (Å²) in [5.41, 5.74) is 1.96. The number of nitrogens with one attached hydrogen (secondary N) is 2. The molecule has 2 N–H and O–H groups in total. The second kappa shape index (κ2) is 22.7. The van der Waals surface area contributed by atoms with Crippen LogP contribution >= 0.6 is 0 Å². The molecule has 6 heteroatoms. The Kier molecular flexibility index (Phi) is 18.8. The molecule has 2 aromatic rings. The number of ether oxygens (including phenoxy) is 2. The van der Waals surface area contributed by atoms with E-state index in [-0.39, 0.29) is 16.9 Å². The van der Waals surface area contributed by atoms with Gasteiger partial charge in [-0.25, -0.2) is 9.59 Å². The van der Waals surface area contributed by atoms with E-state index < -0.39 is 12.2 Å². The molecule has 0 heterocycles. The van der Waals surface area contributed by atoms with Gasteiger partial charge in [0.15, 0.2) is 0 Å². The van der Waals surface area contributed by atoms with Gasteiger partial charge in [-0.05, 0) is 79.0 Å². The molecule has 0 saturated heterocycles. The molecule has 0 aromatic heterocycles. The fourth-order valence-electron chi connectivity index (χ4n) is 8.11. The van der Waals surface area contributed by atoms with E-state index in [1.807, 2.05) is 36.4 Å². The van der Waals surface area contributed by atoms with Crippen molar-refractivity contribution < 1.29 is 19.1 Å². The molecule has 0 spiro atoms. The minimum absolute atomic E-state index is 0.00637. The summed E-state index contributed by atoms with van der Waals surface area (Å²) in [4.78, 5) is 26.2. The van der Waals surface area contributed by atoms with E-state index in [1.165, 1.54) is 89.9 Å². The van der Waals surface area contributed by atoms with Gasteiger partial charge in [0, 0.05) is 12.6 Å². The quantitative estimate of drug-likeness (QED) is 0.114. The second-order valence-corrected chi connectivity index (χ2v) is 16.2. The standard InChI is InChI=1S/C44H70N2O4/c1-6-8-10-12-14-16-18-20-26-36-28-22-24-30-39(36)49-41(47)45-35-44(5)33-38(32-43(3,4)34-44)46-42(48)50-40-31-25-23-29-37(40)27-21-19-17-15-13-11-9-7-2/h22-25,28-31,38H,6-21,26-27,32-35H2,1-5H3,(H,45,47)(H,46,48). The highest BCUT2D eigenvalue weighted by molar-refractivity contribution is 5.71. The van der Waals surface area contributed by atoms with Crippen molar-refractivity contribution in [1.82, 2.24) is 10.6 Å². The van der Waals surface area contributed by atoms with Crippen LogP contribution in [0.15, 0.2) is 48.5 Å². The lowest BCUT2D eigenvalue weighted by Crippen LogP contribution is -2.51. The van der Waals surface area contributed by atoms with Crippen molar-refractivity contribution in [1.29, 1.82) is 0 Å². The Balaban J connectivity index is 1.45. The van der Waals surface area contributed by atoms with Gasteiger partial charge in [0.1, 0.15) is 11.5 Å². The fourth-order valence-corrected chi connectivity index (χ4v) is 8.11. The zero-order valence-electron chi connectivity index (χ0n) is 32.4. The fraction of sp³-hybridized carbons (Fsp3) is 0.682. The monoisotopic (exact) mass is 691 g/mol. The number of para-hydroxylation sites is 2. The first-order chi connectivity index (χ1) is 24.1. The van der Waals surface area contributed by atoms with Crippen molar-refractivity contribution in [2.45, 2.75) is 175 Å². The Hall–Kier alpha value is -3.02. The van der Waals surface area contributed by atoms with E-state index in [9.17, 15) is 9.59 Å². The van der Waals surface area contributed by atoms with Crippen LogP contribution in [0.4, 0.5) is 9.59 Å². The largest absolute Gasteiger partial charge is 0.412 e. The molecule has 50 heavy (non-hydrogen) atoms. The molecule has 0 bridgehead atoms. The summed E-state index contributed by atoms with van der Waals surface area (Å²) in [7, 11) is 0. The summed E-state index contributed by atoms with van der Waals surface area (Å²) in [5.74, 6) is 1.30. The minimum atomic E-state index is -0.421. The minimum Gasteiger partial charge on any atom is -0.410 e. The van der Waals surface area contributed by atoms with Gasteiger partial charge in [-0.2, -0.15) is 0 Å². The summed E-state index contributed by atoms with van der Waals surface area (Å²) in [6, 6.07) is 15.8. The van der Waals surface area contributed by atoms with Crippen molar-refractivity contribution in [2.24, 2.45) is 10.8 Å². The van der Waals surface area contributed by atoms with Gasteiger partial charge in [-0.3, -0.25) is 0 Å². The maximum absolute atomic E-state index is 13.2. The first-order valence-corrected chi connectivity index (χ1v) is 20.2. The lowest BCUT2D eigenvalue weighted by atomic mass is 9.62. The molecule has 3 rings (SSSR count). The highest BCUT2D eigenvalue weighted by Gasteiger charge is 2.42. The predicted molar refractivity (Wildman–Crippen MR) is 208 cm³/mol. The molecule has 0 aliphatic heterocycles. The summed E-state index contributed by atoms with van der Waals surface area (Å²) in [6.07, 6.45) is 23.9. The van der Waals surface area contributed by atoms with Crippen molar-refractivity contribution in [2.75, 3.05) is 6.54 Å². The molecule has 2 atom stereocenters. The van der Waals surface area contributed by atoms with Gasteiger partial charge in [0.2, 0.25) is 0 Å². The van der Waals surface area contributed by atoms with Crippen molar-refractivity contribution in [3.05, 3.63) is 59.7 Å². The Morgan fingerprint density at radius 1 is 0.620 bits per heavy atom. The molecule has 280 valence electrons. The van der Waals surface area contributed by atoms with Crippen molar-refractivity contribution in [3.8, 4) is 11.5 Å². The van der Waals surface area contributed by atoms with Crippen LogP contribution < -0.4 is 20.1 Å². The Labute approximate surface area is 305 Å². The van der Waals surface area contributed by atoms with Crippen molar-refractivity contribution >= 4 is 12.2 Å². The maximum Gasteiger partial charge on any atom is 0.412 e. The molecule has 2 aromatic carbocycles. The zero-order valence-corrected chi connectivity index (χ0v) is 32.4. The number of carbonyl (C=O) groups excluding carboxylic acids is 2. The predicted octanol–water partition coefficient (Wildman–Crippen LogP) is 12.5. The van der Waals surface area contributed by atoms with Crippen molar-refractivity contribution in [3.63, 3.8) is 0 Å². The smallest absolute Gasteiger partial charge is 0.410 e. The average Bonchev–Trinajstić information content (AvgIpc) is 3.07. The summed E-state index contributed by atoms with van der Waals surface area (Å²) in [6.45, 7) is 11.7. The van der Waals surface area contributed by atoms with Crippen LogP contribution in [0.25, 0.3) is 0 Å². The number of amides is 2. The van der Waals surface area contributed by atoms with Gasteiger partial charge >= 0.3 is 12.2 Å². The lowest BCUT2D eigenvalue weighted by molar-refractivity contribution is 0.0701. The number of hydrogen-bond donors (Lipinski definition) is 2. The van der Waals surface area contributed by atoms with E-state index in [1.54, 1.807) is 0 Å². The molecule has 1 saturated carbocycles. The first-order valence-electron chi connectivity index (χ1n) is 20.2. The highest BCUT2D eigenvalue weighted by Crippen LogP contribution is 2.46. The van der Waals surface area contributed by atoms with Gasteiger partial charge in [-0.1, -0.05) is 161 Å². The second-order valence-electron chi connectivity index (χ2n) is 16.2. The van der Waals surface area contributed by atoms with E-state index in [2.05, 4.69) is 57.4 Å². The number of unbranched alkanes of at least 4 members (excludes halogenated alkanes) is 14. The number of benzene rings is 2. The first kappa shape index (κ1) is 41.4. The molecule has 0 radical (unpaired) electrons. The highest BCUT2D eigenvalue weighted by atomic mass is 16.6. The van der Waals surface area contributed by atoms with Gasteiger partial charge in [-0.15, -0.1) is 0 Å². The molecular weight excluding hydrogens is 620 g/mol. The molecule has 1 aliphatic carbocycles. The summed E-state index contributed by atoms with van der Waals surface area (Å²) < 4.78 is 11.8. The average molecular weight is 691 g/mol. The van der Waals surface area contributed by atoms with E-state index in [4.69, 9.17) is 9.47 Å². The van der Waals surface area contributed by atoms with E-state index in [0.717, 1.165) is 56.1 Å². The Morgan fingerprint density at radius 3 is 1.56 bits per heavy atom. The van der Waals surface area contributed by atoms with Crippen LogP contribution in [0.2, 0.25) is 0 Å². The third-order valence-corrected chi connectivity index (χ3v) is 10.4. The number of rotatable bonds is 23. The van der Waals surface area contributed by atoms with Crippen LogP contribution in [-0.4, -0.2) is 24.8 Å². The van der Waals surface area contributed by atoms with Gasteiger partial charge < -0.3 is 20.1 Å². The summed E-state index contributed by atoms with van der Waals surface area (Å²) in [5, 5.41) is 6.24. The molecule has 2 unspecified atom stereocenters. The van der Waals surface area contributed by atoms with Crippen LogP contribution in [0.1, 0.15) is 168 Å². The molecule has 1 aliphatic rings. The topological polar surface area (TPSA) is 76.7 Å². The third kappa shape index (κ3) is 16.3. The normalized spacial score (nSPS) is 18.4. The van der Waals surface area contributed by atoms with Crippen LogP contribution in [-0.2, 0) is 12.8 Å². The lowest BCUT2D eigenvalue weighted by Gasteiger charge is -2.46. The van der Waals surface area contributed by atoms with E-state index in [0.29, 0.717) is 18.0 Å². The zero-order chi connectivity index (χ0) is 36.1. The SMILES string of the molecule is CCCCCCCCCCc1ccccc1OC(=O)NCC1(C)CC(NC(=O)Oc2ccccc2CCCCCCCCCC)CC(C)(C)C1. The summed E-state index contributed by atoms with van der Waals surface area (Å²) >= 11 is 0.